The van der Waals surface area contributed by atoms with Crippen molar-refractivity contribution in [3.8, 4) is 0 Å². The number of anilines is 2. The minimum Gasteiger partial charge on any atom is -0.399 e. The number of pyridine rings is 1. The number of carbonyl (C=O) groups excluding carboxylic acids is 2. The zero-order chi connectivity index (χ0) is 18.5. The number of benzene rings is 1. The molecule has 0 radical (unpaired) electrons. The van der Waals surface area contributed by atoms with E-state index in [1.54, 1.807) is 24.3 Å². The second kappa shape index (κ2) is 11.1. The number of halogens is 3. The first-order valence-corrected chi connectivity index (χ1v) is 8.93. The lowest BCUT2D eigenvalue weighted by atomic mass is 9.95. The molecule has 152 valence electrons. The first-order valence-electron chi connectivity index (χ1n) is 8.56. The topological polar surface area (TPSA) is 88.3 Å². The Kier molecular flexibility index (Phi) is 9.52. The number of nitrogens with two attached hydrogens (primary N) is 1. The number of piperidine rings is 1. The number of carbonyl (C=O) groups is 2. The number of likely N-dealkylation sites (tertiary alicyclic amines) is 1. The van der Waals surface area contributed by atoms with Gasteiger partial charge in [-0.3, -0.25) is 9.59 Å². The van der Waals surface area contributed by atoms with Crippen LogP contribution >= 0.6 is 36.4 Å². The summed E-state index contributed by atoms with van der Waals surface area (Å²) in [6, 6.07) is 10.7. The van der Waals surface area contributed by atoms with E-state index in [2.05, 4.69) is 10.3 Å². The summed E-state index contributed by atoms with van der Waals surface area (Å²) < 4.78 is 0. The Morgan fingerprint density at radius 2 is 1.75 bits per heavy atom. The number of rotatable bonds is 4. The van der Waals surface area contributed by atoms with Crippen molar-refractivity contribution in [3.05, 3.63) is 53.2 Å². The zero-order valence-corrected chi connectivity index (χ0v) is 17.5. The molecule has 6 nitrogen and oxygen atoms in total. The SMILES string of the molecule is Cl.Cl.Nc1ccc(CC(=O)N2CCC(C(=O)Nc3ccc(Cl)cn3)CC2)cc1. The summed E-state index contributed by atoms with van der Waals surface area (Å²) in [6.07, 6.45) is 3.14. The summed E-state index contributed by atoms with van der Waals surface area (Å²) in [5.74, 6) is 0.382. The third-order valence-electron chi connectivity index (χ3n) is 4.53. The van der Waals surface area contributed by atoms with Crippen LogP contribution < -0.4 is 11.1 Å². The molecule has 1 aliphatic rings. The van der Waals surface area contributed by atoms with Crippen LogP contribution in [0.5, 0.6) is 0 Å². The minimum absolute atomic E-state index is 0. The van der Waals surface area contributed by atoms with Crippen LogP contribution in [0.25, 0.3) is 0 Å². The predicted molar refractivity (Wildman–Crippen MR) is 116 cm³/mol. The molecular weight excluding hydrogens is 423 g/mol. The first kappa shape index (κ1) is 24.0. The molecule has 3 rings (SSSR count). The van der Waals surface area contributed by atoms with Crippen LogP contribution in [-0.2, 0) is 16.0 Å². The molecule has 0 atom stereocenters. The van der Waals surface area contributed by atoms with E-state index in [1.807, 2.05) is 17.0 Å². The Morgan fingerprint density at radius 3 is 2.32 bits per heavy atom. The highest BCUT2D eigenvalue weighted by atomic mass is 35.5. The Morgan fingerprint density at radius 1 is 1.11 bits per heavy atom. The van der Waals surface area contributed by atoms with E-state index in [0.29, 0.717) is 48.9 Å². The lowest BCUT2D eigenvalue weighted by Gasteiger charge is -2.31. The van der Waals surface area contributed by atoms with E-state index < -0.39 is 0 Å². The van der Waals surface area contributed by atoms with Crippen molar-refractivity contribution < 1.29 is 9.59 Å². The molecule has 0 spiro atoms. The smallest absolute Gasteiger partial charge is 0.228 e. The van der Waals surface area contributed by atoms with Crippen molar-refractivity contribution in [2.75, 3.05) is 24.1 Å². The molecule has 1 fully saturated rings. The van der Waals surface area contributed by atoms with Crippen molar-refractivity contribution in [1.82, 2.24) is 9.88 Å². The second-order valence-corrected chi connectivity index (χ2v) is 6.86. The fraction of sp³-hybridized carbons (Fsp3) is 0.316. The van der Waals surface area contributed by atoms with E-state index in [1.165, 1.54) is 6.20 Å². The Hall–Kier alpha value is -2.02. The van der Waals surface area contributed by atoms with Gasteiger partial charge in [-0.2, -0.15) is 0 Å². The average Bonchev–Trinajstić information content (AvgIpc) is 2.65. The minimum atomic E-state index is -0.118. The maximum Gasteiger partial charge on any atom is 0.228 e. The maximum absolute atomic E-state index is 12.4. The molecule has 1 aliphatic heterocycles. The quantitative estimate of drug-likeness (QED) is 0.704. The van der Waals surface area contributed by atoms with Crippen molar-refractivity contribution in [3.63, 3.8) is 0 Å². The van der Waals surface area contributed by atoms with Gasteiger partial charge in [0.15, 0.2) is 0 Å². The largest absolute Gasteiger partial charge is 0.399 e. The van der Waals surface area contributed by atoms with E-state index >= 15 is 0 Å². The molecule has 1 aromatic carbocycles. The standard InChI is InChI=1S/C19H21ClN4O2.2ClH/c20-15-3-6-17(22-12-15)23-19(26)14-7-9-24(10-8-14)18(25)11-13-1-4-16(21)5-2-13;;/h1-6,12,14H,7-11,21H2,(H,22,23,26);2*1H. The molecule has 2 aromatic rings. The average molecular weight is 446 g/mol. The highest BCUT2D eigenvalue weighted by Crippen LogP contribution is 2.20. The number of amides is 2. The monoisotopic (exact) mass is 444 g/mol. The van der Waals surface area contributed by atoms with E-state index in [4.69, 9.17) is 17.3 Å². The Balaban J connectivity index is 0.00000196. The van der Waals surface area contributed by atoms with Gasteiger partial charge < -0.3 is 16.0 Å². The van der Waals surface area contributed by atoms with Crippen LogP contribution in [0.2, 0.25) is 5.02 Å². The lowest BCUT2D eigenvalue weighted by molar-refractivity contribution is -0.133. The van der Waals surface area contributed by atoms with Crippen LogP contribution in [0.3, 0.4) is 0 Å². The van der Waals surface area contributed by atoms with Gasteiger partial charge in [-0.25, -0.2) is 4.98 Å². The molecule has 2 heterocycles. The van der Waals surface area contributed by atoms with Gasteiger partial charge in [0.25, 0.3) is 0 Å². The third-order valence-corrected chi connectivity index (χ3v) is 4.76. The molecule has 0 saturated carbocycles. The van der Waals surface area contributed by atoms with Gasteiger partial charge in [-0.1, -0.05) is 23.7 Å². The summed E-state index contributed by atoms with van der Waals surface area (Å²) in [7, 11) is 0. The van der Waals surface area contributed by atoms with Crippen LogP contribution in [0.4, 0.5) is 11.5 Å². The van der Waals surface area contributed by atoms with Gasteiger partial charge in [-0.05, 0) is 42.7 Å². The van der Waals surface area contributed by atoms with Gasteiger partial charge >= 0.3 is 0 Å². The van der Waals surface area contributed by atoms with E-state index in [0.717, 1.165) is 5.56 Å². The number of nitrogens with one attached hydrogen (secondary N) is 1. The zero-order valence-electron chi connectivity index (χ0n) is 15.1. The van der Waals surface area contributed by atoms with Crippen LogP contribution in [0.15, 0.2) is 42.6 Å². The van der Waals surface area contributed by atoms with Gasteiger partial charge in [0, 0.05) is 30.9 Å². The molecule has 0 aliphatic carbocycles. The van der Waals surface area contributed by atoms with Crippen molar-refractivity contribution in [1.29, 1.82) is 0 Å². The fourth-order valence-corrected chi connectivity index (χ4v) is 3.10. The predicted octanol–water partition coefficient (Wildman–Crippen LogP) is 3.58. The number of hydrogen-bond acceptors (Lipinski definition) is 4. The third kappa shape index (κ3) is 6.55. The van der Waals surface area contributed by atoms with Gasteiger partial charge in [0.1, 0.15) is 5.82 Å². The number of nitrogens with zero attached hydrogens (tertiary/aromatic N) is 2. The number of aromatic nitrogens is 1. The molecule has 1 aromatic heterocycles. The van der Waals surface area contributed by atoms with Crippen LogP contribution in [0, 0.1) is 5.92 Å². The fourth-order valence-electron chi connectivity index (χ4n) is 2.99. The Labute approximate surface area is 181 Å². The van der Waals surface area contributed by atoms with Gasteiger partial charge in [0.2, 0.25) is 11.8 Å². The molecule has 1 saturated heterocycles. The summed E-state index contributed by atoms with van der Waals surface area (Å²) in [4.78, 5) is 30.7. The van der Waals surface area contributed by atoms with Crippen molar-refractivity contribution >= 4 is 59.7 Å². The summed E-state index contributed by atoms with van der Waals surface area (Å²) in [6.45, 7) is 1.17. The molecule has 3 N–H and O–H groups in total. The number of nitrogen functional groups attached to an aromatic ring is 1. The first-order chi connectivity index (χ1) is 12.5. The van der Waals surface area contributed by atoms with Gasteiger partial charge in [0.05, 0.1) is 11.4 Å². The molecular formula is C19H23Cl3N4O2. The van der Waals surface area contributed by atoms with E-state index in [-0.39, 0.29) is 42.5 Å². The van der Waals surface area contributed by atoms with Crippen molar-refractivity contribution in [2.45, 2.75) is 19.3 Å². The number of hydrogen-bond donors (Lipinski definition) is 2. The normalized spacial score (nSPS) is 13.8. The molecule has 2 amide bonds. The van der Waals surface area contributed by atoms with E-state index in [9.17, 15) is 9.59 Å². The molecule has 0 unspecified atom stereocenters. The summed E-state index contributed by atoms with van der Waals surface area (Å²) >= 11 is 5.79. The second-order valence-electron chi connectivity index (χ2n) is 6.42. The maximum atomic E-state index is 12.4. The lowest BCUT2D eigenvalue weighted by Crippen LogP contribution is -2.42. The highest BCUT2D eigenvalue weighted by Gasteiger charge is 2.27. The summed E-state index contributed by atoms with van der Waals surface area (Å²) in [5, 5.41) is 3.33. The van der Waals surface area contributed by atoms with Crippen LogP contribution in [-0.4, -0.2) is 34.8 Å². The molecule has 0 bridgehead atoms. The van der Waals surface area contributed by atoms with Crippen molar-refractivity contribution in [2.24, 2.45) is 5.92 Å². The van der Waals surface area contributed by atoms with Crippen LogP contribution in [0.1, 0.15) is 18.4 Å². The van der Waals surface area contributed by atoms with Gasteiger partial charge in [-0.15, -0.1) is 24.8 Å². The molecule has 9 heteroatoms. The Bertz CT molecular complexity index is 709. The summed E-state index contributed by atoms with van der Waals surface area (Å²) in [5.41, 5.74) is 7.29. The highest BCUT2D eigenvalue weighted by molar-refractivity contribution is 6.30. The molecule has 28 heavy (non-hydrogen) atoms.